The van der Waals surface area contributed by atoms with Crippen molar-refractivity contribution >= 4 is 11.4 Å². The summed E-state index contributed by atoms with van der Waals surface area (Å²) in [4.78, 5) is 11.8. The Morgan fingerprint density at radius 2 is 1.17 bits per heavy atom. The molecule has 0 saturated heterocycles. The van der Waals surface area contributed by atoms with Gasteiger partial charge in [0.1, 0.15) is 5.75 Å². The molecule has 29 heavy (non-hydrogen) atoms. The number of aromatic nitrogens is 2. The Labute approximate surface area is 173 Å². The molecule has 1 aromatic heterocycles. The van der Waals surface area contributed by atoms with Crippen LogP contribution in [0, 0.1) is 0 Å². The molecular formula is C23H30N4O2. The molecule has 0 N–H and O–H groups in total. The molecule has 6 nitrogen and oxygen atoms in total. The molecule has 3 aromatic rings. The van der Waals surface area contributed by atoms with E-state index in [2.05, 4.69) is 66.9 Å². The number of ether oxygens (including phenoxy) is 1. The van der Waals surface area contributed by atoms with Gasteiger partial charge in [-0.15, -0.1) is 0 Å². The maximum Gasteiger partial charge on any atom is 0.241 e. The Hall–Kier alpha value is -3.15. The van der Waals surface area contributed by atoms with Crippen molar-refractivity contribution in [2.75, 3.05) is 36.0 Å². The largest absolute Gasteiger partial charge is 0.437 e. The smallest absolute Gasteiger partial charge is 0.241 e. The minimum atomic E-state index is 0.486. The van der Waals surface area contributed by atoms with Crippen LogP contribution >= 0.6 is 0 Å². The summed E-state index contributed by atoms with van der Waals surface area (Å²) in [5.41, 5.74) is 2.37. The lowest BCUT2D eigenvalue weighted by molar-refractivity contribution is 0.174. The van der Waals surface area contributed by atoms with E-state index in [1.54, 1.807) is 12.3 Å². The fourth-order valence-corrected chi connectivity index (χ4v) is 3.25. The van der Waals surface area contributed by atoms with Crippen molar-refractivity contribution in [1.82, 2.24) is 9.94 Å². The van der Waals surface area contributed by atoms with Gasteiger partial charge >= 0.3 is 0 Å². The molecule has 3 rings (SSSR count). The summed E-state index contributed by atoms with van der Waals surface area (Å²) in [7, 11) is 0. The number of nitrogens with zero attached hydrogens (tertiary/aromatic N) is 4. The Morgan fingerprint density at radius 1 is 0.690 bits per heavy atom. The zero-order valence-corrected chi connectivity index (χ0v) is 17.7. The van der Waals surface area contributed by atoms with E-state index in [0.29, 0.717) is 5.88 Å². The summed E-state index contributed by atoms with van der Waals surface area (Å²) < 4.78 is 5.84. The van der Waals surface area contributed by atoms with Gasteiger partial charge in [0.05, 0.1) is 6.20 Å². The van der Waals surface area contributed by atoms with Crippen molar-refractivity contribution in [3.63, 3.8) is 0 Å². The highest BCUT2D eigenvalue weighted by atomic mass is 16.7. The first-order chi connectivity index (χ1) is 14.2. The molecule has 0 radical (unpaired) electrons. The van der Waals surface area contributed by atoms with Crippen LogP contribution in [0.2, 0.25) is 0 Å². The van der Waals surface area contributed by atoms with Gasteiger partial charge < -0.3 is 19.4 Å². The van der Waals surface area contributed by atoms with Crippen LogP contribution in [0.1, 0.15) is 27.7 Å². The predicted octanol–water partition coefficient (Wildman–Crippen LogP) is 5.21. The number of benzene rings is 2. The zero-order chi connectivity index (χ0) is 20.6. The summed E-state index contributed by atoms with van der Waals surface area (Å²) in [6.07, 6.45) is 1.73. The van der Waals surface area contributed by atoms with E-state index in [4.69, 9.17) is 9.57 Å². The zero-order valence-electron chi connectivity index (χ0n) is 17.7. The molecule has 6 heteroatoms. The Kier molecular flexibility index (Phi) is 7.00. The maximum absolute atomic E-state index is 5.84. The first kappa shape index (κ1) is 20.6. The lowest BCUT2D eigenvalue weighted by Gasteiger charge is -2.21. The first-order valence-corrected chi connectivity index (χ1v) is 10.3. The molecule has 0 saturated carbocycles. The third-order valence-electron chi connectivity index (χ3n) is 4.89. The van der Waals surface area contributed by atoms with Crippen LogP contribution in [-0.4, -0.2) is 36.1 Å². The van der Waals surface area contributed by atoms with Crippen LogP contribution < -0.4 is 19.4 Å². The summed E-state index contributed by atoms with van der Waals surface area (Å²) in [5, 5.41) is 4.33. The van der Waals surface area contributed by atoms with E-state index in [9.17, 15) is 0 Å². The minimum absolute atomic E-state index is 0.486. The van der Waals surface area contributed by atoms with Crippen LogP contribution in [0.3, 0.4) is 0 Å². The first-order valence-electron chi connectivity index (χ1n) is 10.3. The van der Waals surface area contributed by atoms with E-state index < -0.39 is 0 Å². The summed E-state index contributed by atoms with van der Waals surface area (Å²) in [6.45, 7) is 12.5. The van der Waals surface area contributed by atoms with Gasteiger partial charge in [0.15, 0.2) is 5.75 Å². The molecule has 0 atom stereocenters. The quantitative estimate of drug-likeness (QED) is 0.472. The molecule has 0 amide bonds. The Bertz CT molecular complexity index is 795. The molecule has 0 aliphatic rings. The number of hydrogen-bond donors (Lipinski definition) is 0. The Morgan fingerprint density at radius 3 is 1.66 bits per heavy atom. The monoisotopic (exact) mass is 394 g/mol. The summed E-state index contributed by atoms with van der Waals surface area (Å²) >= 11 is 0. The molecule has 2 aromatic carbocycles. The molecule has 0 aliphatic heterocycles. The third-order valence-corrected chi connectivity index (χ3v) is 4.89. The number of rotatable bonds is 10. The Balaban J connectivity index is 1.61. The maximum atomic E-state index is 5.84. The van der Waals surface area contributed by atoms with Crippen molar-refractivity contribution in [2.24, 2.45) is 0 Å². The third kappa shape index (κ3) is 5.22. The number of hydrogen-bond acceptors (Lipinski definition) is 5. The van der Waals surface area contributed by atoms with Gasteiger partial charge in [-0.05, 0) is 76.2 Å². The molecule has 1 heterocycles. The van der Waals surface area contributed by atoms with E-state index in [0.717, 1.165) is 37.7 Å². The topological polar surface area (TPSA) is 42.8 Å². The van der Waals surface area contributed by atoms with Gasteiger partial charge in [-0.2, -0.15) is 0 Å². The van der Waals surface area contributed by atoms with Gasteiger partial charge in [0, 0.05) is 43.6 Å². The van der Waals surface area contributed by atoms with E-state index in [1.165, 1.54) is 16.2 Å². The second-order valence-electron chi connectivity index (χ2n) is 6.58. The second kappa shape index (κ2) is 9.87. The van der Waals surface area contributed by atoms with Gasteiger partial charge in [0.25, 0.3) is 0 Å². The average molecular weight is 395 g/mol. The molecule has 0 spiro atoms. The van der Waals surface area contributed by atoms with Crippen molar-refractivity contribution in [2.45, 2.75) is 27.7 Å². The number of anilines is 2. The fraction of sp³-hybridized carbons (Fsp3) is 0.348. The highest BCUT2D eigenvalue weighted by Crippen LogP contribution is 2.24. The predicted molar refractivity (Wildman–Crippen MR) is 118 cm³/mol. The van der Waals surface area contributed by atoms with Crippen LogP contribution in [0.4, 0.5) is 11.4 Å². The molecule has 0 bridgehead atoms. The van der Waals surface area contributed by atoms with Crippen molar-refractivity contribution < 1.29 is 9.57 Å². The van der Waals surface area contributed by atoms with Crippen molar-refractivity contribution in [1.29, 1.82) is 0 Å². The van der Waals surface area contributed by atoms with E-state index in [1.807, 2.05) is 24.3 Å². The summed E-state index contributed by atoms with van der Waals surface area (Å²) in [6, 6.07) is 17.8. The fourth-order valence-electron chi connectivity index (χ4n) is 3.25. The van der Waals surface area contributed by atoms with Crippen LogP contribution in [0.15, 0.2) is 60.8 Å². The standard InChI is InChI=1S/C23H30N4O2/c1-5-25(6-2)19-9-13-21(14-10-19)28-23-17-18-27(24-23)29-22-15-11-20(12-16-22)26(7-3)8-4/h9-18H,5-8H2,1-4H3. The van der Waals surface area contributed by atoms with Gasteiger partial charge in [-0.1, -0.05) is 9.94 Å². The van der Waals surface area contributed by atoms with Gasteiger partial charge in [-0.25, -0.2) is 0 Å². The molecule has 0 aliphatic carbocycles. The normalized spacial score (nSPS) is 10.6. The second-order valence-corrected chi connectivity index (χ2v) is 6.58. The molecule has 0 unspecified atom stereocenters. The van der Waals surface area contributed by atoms with Crippen LogP contribution in [-0.2, 0) is 0 Å². The lowest BCUT2D eigenvalue weighted by Crippen LogP contribution is -2.21. The van der Waals surface area contributed by atoms with Gasteiger partial charge in [0.2, 0.25) is 5.88 Å². The van der Waals surface area contributed by atoms with Crippen molar-refractivity contribution in [3.05, 3.63) is 60.8 Å². The van der Waals surface area contributed by atoms with Crippen LogP contribution in [0.25, 0.3) is 0 Å². The minimum Gasteiger partial charge on any atom is -0.437 e. The van der Waals surface area contributed by atoms with Crippen molar-refractivity contribution in [3.8, 4) is 17.4 Å². The average Bonchev–Trinajstić information content (AvgIpc) is 3.19. The molecule has 154 valence electrons. The summed E-state index contributed by atoms with van der Waals surface area (Å²) in [5.74, 6) is 1.95. The van der Waals surface area contributed by atoms with E-state index in [-0.39, 0.29) is 0 Å². The molecule has 0 fully saturated rings. The highest BCUT2D eigenvalue weighted by molar-refractivity contribution is 5.50. The highest BCUT2D eigenvalue weighted by Gasteiger charge is 2.07. The lowest BCUT2D eigenvalue weighted by atomic mass is 10.2. The molecular weight excluding hydrogens is 364 g/mol. The van der Waals surface area contributed by atoms with E-state index >= 15 is 0 Å². The van der Waals surface area contributed by atoms with Crippen LogP contribution in [0.5, 0.6) is 17.4 Å². The SMILES string of the molecule is CCN(CC)c1ccc(Oc2ccn(Oc3ccc(N(CC)CC)cc3)n2)cc1. The van der Waals surface area contributed by atoms with Gasteiger partial charge in [-0.3, -0.25) is 0 Å².